The van der Waals surface area contributed by atoms with Gasteiger partial charge in [0.1, 0.15) is 48.0 Å². The molecule has 0 radical (unpaired) electrons. The van der Waals surface area contributed by atoms with E-state index in [1.807, 2.05) is 0 Å². The molecule has 23 nitrogen and oxygen atoms in total. The Balaban J connectivity index is 1.26. The summed E-state index contributed by atoms with van der Waals surface area (Å²) in [6.45, 7) is -1.47. The molecular formula is C19H25N11O12P2. The highest BCUT2D eigenvalue weighted by Crippen LogP contribution is 2.57. The van der Waals surface area contributed by atoms with E-state index in [2.05, 4.69) is 39.8 Å². The van der Waals surface area contributed by atoms with Crippen molar-refractivity contribution in [1.29, 1.82) is 0 Å². The second-order valence-electron chi connectivity index (χ2n) is 9.77. The lowest BCUT2D eigenvalue weighted by Crippen LogP contribution is -2.36. The zero-order chi connectivity index (χ0) is 31.5. The molecule has 4 aromatic heterocycles. The van der Waals surface area contributed by atoms with E-state index in [1.165, 1.54) is 10.9 Å². The van der Waals surface area contributed by atoms with E-state index >= 15 is 0 Å². The number of rotatable bonds is 9. The number of aliphatic hydroxyl groups is 3. The molecular weight excluding hydrogens is 636 g/mol. The van der Waals surface area contributed by atoms with Gasteiger partial charge in [0, 0.05) is 0 Å². The van der Waals surface area contributed by atoms with Gasteiger partial charge >= 0.3 is 15.9 Å². The quantitative estimate of drug-likeness (QED) is 0.0802. The third-order valence-corrected chi connectivity index (χ3v) is 9.35. The van der Waals surface area contributed by atoms with E-state index in [1.54, 1.807) is 0 Å². The zero-order valence-corrected chi connectivity index (χ0v) is 23.9. The molecule has 0 aromatic carbocycles. The van der Waals surface area contributed by atoms with Gasteiger partial charge in [-0.25, -0.2) is 15.0 Å². The van der Waals surface area contributed by atoms with Crippen LogP contribution in [-0.4, -0.2) is 119 Å². The smallest absolute Gasteiger partial charge is 0.338 e. The minimum absolute atomic E-state index is 0.0626. The molecule has 10 atom stereocenters. The lowest BCUT2D eigenvalue weighted by Gasteiger charge is -2.26. The molecule has 0 bridgehead atoms. The van der Waals surface area contributed by atoms with Gasteiger partial charge in [-0.15, -0.1) is 5.10 Å². The molecule has 2 unspecified atom stereocenters. The van der Waals surface area contributed by atoms with Gasteiger partial charge < -0.3 is 55.1 Å². The van der Waals surface area contributed by atoms with E-state index in [9.17, 15) is 34.1 Å². The number of aliphatic hydroxyl groups excluding tert-OH is 3. The number of anilines is 2. The van der Waals surface area contributed by atoms with E-state index in [0.717, 1.165) is 11.0 Å². The first-order valence-electron chi connectivity index (χ1n) is 12.6. The van der Waals surface area contributed by atoms with Crippen molar-refractivity contribution in [3.8, 4) is 0 Å². The molecule has 238 valence electrons. The summed E-state index contributed by atoms with van der Waals surface area (Å²) in [6, 6.07) is 0. The number of hydrogen-bond donors (Lipinski definition) is 8. The van der Waals surface area contributed by atoms with Crippen LogP contribution in [0.4, 0.5) is 11.8 Å². The Morgan fingerprint density at radius 3 is 2.50 bits per heavy atom. The summed E-state index contributed by atoms with van der Waals surface area (Å²) in [5.41, 5.74) is 8.57. The molecule has 0 amide bonds. The fourth-order valence-corrected chi connectivity index (χ4v) is 6.96. The maximum Gasteiger partial charge on any atom is 0.338 e. The SMILES string of the molecule is Nc1nc2c(nnn2[C@@H]2O[C@H](CO[PH](=O)O)[C@@H](O)[C@H]2P(=O)(O)OC[C@H]2O[C@@H](n3cnc4c(N)ncnc43)[C@H](O)[C@@H]2O)c(=O)[nH]1. The third kappa shape index (κ3) is 5.26. The predicted octanol–water partition coefficient (Wildman–Crippen LogP) is -3.63. The zero-order valence-electron chi connectivity index (χ0n) is 22.0. The second-order valence-corrected chi connectivity index (χ2v) is 12.6. The molecule has 25 heteroatoms. The minimum atomic E-state index is -5.03. The van der Waals surface area contributed by atoms with Crippen LogP contribution in [0.2, 0.25) is 0 Å². The molecule has 2 aliphatic rings. The Labute approximate surface area is 243 Å². The van der Waals surface area contributed by atoms with Crippen molar-refractivity contribution in [2.75, 3.05) is 24.7 Å². The maximum atomic E-state index is 13.7. The Morgan fingerprint density at radius 1 is 1.02 bits per heavy atom. The standard InChI is InChI=1S/C19H25N11O12P2/c20-13-7-14(23-3-22-13)29(4-24-7)17-11(33)9(31)6(41-17)2-40-44(37,38)12-10(32)5(1-39-43(35)36)42-18(12)30-15-8(27-28-30)16(34)26-19(21)25-15/h3-6,9-12,17-18,31-33,43H,1-2H2,(H,35,36)(H,37,38)(H2,20,22,23)(H3,21,25,26,34)/t5-,6-,9-,10-,11-,12-,17-,18-/m1/s1. The molecule has 2 saturated heterocycles. The Kier molecular flexibility index (Phi) is 7.96. The number of nitrogen functional groups attached to an aromatic ring is 2. The molecule has 44 heavy (non-hydrogen) atoms. The molecule has 0 spiro atoms. The topological polar surface area (TPSA) is 344 Å². The normalized spacial score (nSPS) is 31.1. The molecule has 6 rings (SSSR count). The summed E-state index contributed by atoms with van der Waals surface area (Å²) in [7, 11) is -8.52. The summed E-state index contributed by atoms with van der Waals surface area (Å²) in [6.07, 6.45) is -8.43. The summed E-state index contributed by atoms with van der Waals surface area (Å²) < 4.78 is 48.3. The largest absolute Gasteiger partial charge is 0.389 e. The highest BCUT2D eigenvalue weighted by molar-refractivity contribution is 7.53. The van der Waals surface area contributed by atoms with Crippen molar-refractivity contribution in [1.82, 2.24) is 44.5 Å². The van der Waals surface area contributed by atoms with Gasteiger partial charge in [0.25, 0.3) is 5.56 Å². The Bertz CT molecular complexity index is 1830. The molecule has 4 aromatic rings. The van der Waals surface area contributed by atoms with Crippen LogP contribution in [0.5, 0.6) is 0 Å². The highest BCUT2D eigenvalue weighted by Gasteiger charge is 2.56. The molecule has 10 N–H and O–H groups in total. The molecule has 2 fully saturated rings. The highest BCUT2D eigenvalue weighted by atomic mass is 31.2. The lowest BCUT2D eigenvalue weighted by molar-refractivity contribution is -0.0498. The van der Waals surface area contributed by atoms with E-state index in [-0.39, 0.29) is 34.1 Å². The van der Waals surface area contributed by atoms with Crippen molar-refractivity contribution >= 4 is 49.9 Å². The third-order valence-electron chi connectivity index (χ3n) is 7.10. The van der Waals surface area contributed by atoms with E-state index < -0.39 is 83.3 Å². The van der Waals surface area contributed by atoms with Crippen molar-refractivity contribution in [2.24, 2.45) is 0 Å². The molecule has 0 aliphatic carbocycles. The van der Waals surface area contributed by atoms with Gasteiger partial charge in [-0.2, -0.15) is 9.67 Å². The van der Waals surface area contributed by atoms with Crippen molar-refractivity contribution in [3.63, 3.8) is 0 Å². The number of fused-ring (bicyclic) bond motifs is 2. The second kappa shape index (κ2) is 11.5. The number of aromatic amines is 1. The number of ether oxygens (including phenoxy) is 2. The first kappa shape index (κ1) is 30.6. The Morgan fingerprint density at radius 2 is 1.75 bits per heavy atom. The number of nitrogens with one attached hydrogen (secondary N) is 1. The monoisotopic (exact) mass is 661 g/mol. The predicted molar refractivity (Wildman–Crippen MR) is 143 cm³/mol. The van der Waals surface area contributed by atoms with Crippen molar-refractivity contribution in [3.05, 3.63) is 23.0 Å². The van der Waals surface area contributed by atoms with Gasteiger partial charge in [-0.05, 0) is 0 Å². The first-order chi connectivity index (χ1) is 20.9. The minimum Gasteiger partial charge on any atom is -0.389 e. The van der Waals surface area contributed by atoms with Gasteiger partial charge in [0.2, 0.25) is 5.95 Å². The average molecular weight is 661 g/mol. The van der Waals surface area contributed by atoms with Crippen LogP contribution in [0.25, 0.3) is 22.3 Å². The fourth-order valence-electron chi connectivity index (χ4n) is 5.02. The number of nitrogens with two attached hydrogens (primary N) is 2. The van der Waals surface area contributed by atoms with Crippen LogP contribution >= 0.6 is 15.9 Å². The van der Waals surface area contributed by atoms with Crippen LogP contribution in [0.3, 0.4) is 0 Å². The van der Waals surface area contributed by atoms with Crippen LogP contribution in [0.1, 0.15) is 12.5 Å². The summed E-state index contributed by atoms with van der Waals surface area (Å²) >= 11 is 0. The van der Waals surface area contributed by atoms with Crippen LogP contribution in [-0.2, 0) is 27.7 Å². The van der Waals surface area contributed by atoms with Crippen molar-refractivity contribution < 1.29 is 52.8 Å². The van der Waals surface area contributed by atoms with Gasteiger partial charge in [0.15, 0.2) is 35.1 Å². The average Bonchev–Trinajstić information content (AvgIpc) is 3.72. The van der Waals surface area contributed by atoms with E-state index in [4.69, 9.17) is 30.4 Å². The van der Waals surface area contributed by atoms with Crippen molar-refractivity contribution in [2.45, 2.75) is 48.6 Å². The number of nitrogens with zero attached hydrogens (tertiary/aromatic N) is 8. The summed E-state index contributed by atoms with van der Waals surface area (Å²) in [5.74, 6) is -0.281. The molecule has 6 heterocycles. The lowest BCUT2D eigenvalue weighted by atomic mass is 10.1. The van der Waals surface area contributed by atoms with Gasteiger partial charge in [0.05, 0.1) is 19.5 Å². The van der Waals surface area contributed by atoms with Crippen LogP contribution < -0.4 is 17.0 Å². The molecule has 2 aliphatic heterocycles. The summed E-state index contributed by atoms with van der Waals surface area (Å²) in [4.78, 5) is 50.6. The maximum absolute atomic E-state index is 13.7. The number of hydrogen-bond acceptors (Lipinski definition) is 18. The number of H-pyrrole nitrogens is 1. The van der Waals surface area contributed by atoms with Gasteiger partial charge in [-0.3, -0.25) is 23.5 Å². The number of aromatic nitrogens is 9. The van der Waals surface area contributed by atoms with E-state index in [0.29, 0.717) is 0 Å². The fraction of sp³-hybridized carbons (Fsp3) is 0.526. The summed E-state index contributed by atoms with van der Waals surface area (Å²) in [5, 5.41) is 39.8. The van der Waals surface area contributed by atoms with Crippen LogP contribution in [0, 0.1) is 0 Å². The van der Waals surface area contributed by atoms with Crippen LogP contribution in [0.15, 0.2) is 17.4 Å². The van der Waals surface area contributed by atoms with Gasteiger partial charge in [-0.1, -0.05) is 5.21 Å². The number of imidazole rings is 1. The Hall–Kier alpha value is -3.47. The first-order valence-corrected chi connectivity index (χ1v) is 15.5. The molecule has 0 saturated carbocycles.